The molecule has 0 bridgehead atoms. The average molecular weight is 347 g/mol. The molecule has 1 aliphatic rings. The molecule has 1 aromatic carbocycles. The van der Waals surface area contributed by atoms with Crippen LogP contribution in [0, 0.1) is 6.92 Å². The fourth-order valence-electron chi connectivity index (χ4n) is 2.26. The molecule has 1 amide bonds. The van der Waals surface area contributed by atoms with E-state index in [9.17, 15) is 9.59 Å². The van der Waals surface area contributed by atoms with Gasteiger partial charge in [0.15, 0.2) is 5.16 Å². The fraction of sp³-hybridized carbons (Fsp3) is 0.312. The van der Waals surface area contributed by atoms with Gasteiger partial charge >= 0.3 is 0 Å². The summed E-state index contributed by atoms with van der Waals surface area (Å²) in [6.07, 6.45) is 0.819. The Hall–Kier alpha value is -1.73. The van der Waals surface area contributed by atoms with Gasteiger partial charge in [-0.25, -0.2) is 4.98 Å². The monoisotopic (exact) mass is 347 g/mol. The van der Waals surface area contributed by atoms with Crippen LogP contribution in [0.5, 0.6) is 0 Å². The lowest BCUT2D eigenvalue weighted by atomic mass is 10.2. The van der Waals surface area contributed by atoms with E-state index in [-0.39, 0.29) is 17.2 Å². The normalized spacial score (nSPS) is 13.0. The summed E-state index contributed by atoms with van der Waals surface area (Å²) in [5.41, 5.74) is 2.76. The number of amides is 1. The number of thioether (sulfide) groups is 2. The number of hydrogen-bond acceptors (Lipinski definition) is 5. The molecule has 23 heavy (non-hydrogen) atoms. The highest BCUT2D eigenvalue weighted by molar-refractivity contribution is 8.00. The van der Waals surface area contributed by atoms with Gasteiger partial charge in [-0.1, -0.05) is 29.5 Å². The van der Waals surface area contributed by atoms with E-state index < -0.39 is 0 Å². The summed E-state index contributed by atoms with van der Waals surface area (Å²) in [5, 5.41) is 3.44. The van der Waals surface area contributed by atoms with E-state index >= 15 is 0 Å². The van der Waals surface area contributed by atoms with Gasteiger partial charge in [0.2, 0.25) is 5.91 Å². The Balaban J connectivity index is 1.66. The molecular formula is C16H17N3O2S2. The number of rotatable bonds is 4. The van der Waals surface area contributed by atoms with Crippen LogP contribution in [-0.4, -0.2) is 27.0 Å². The maximum atomic E-state index is 12.2. The molecule has 0 spiro atoms. The van der Waals surface area contributed by atoms with Gasteiger partial charge in [0.25, 0.3) is 5.56 Å². The zero-order valence-electron chi connectivity index (χ0n) is 13.0. The van der Waals surface area contributed by atoms with Crippen molar-refractivity contribution in [3.05, 3.63) is 45.9 Å². The molecule has 2 heterocycles. The second kappa shape index (κ2) is 6.80. The predicted octanol–water partition coefficient (Wildman–Crippen LogP) is 2.47. The number of nitrogens with one attached hydrogen (secondary N) is 1. The van der Waals surface area contributed by atoms with Crippen molar-refractivity contribution in [1.82, 2.24) is 9.55 Å². The lowest BCUT2D eigenvalue weighted by Crippen LogP contribution is -2.23. The molecule has 0 atom stereocenters. The van der Waals surface area contributed by atoms with Crippen molar-refractivity contribution in [1.29, 1.82) is 0 Å². The molecule has 120 valence electrons. The molecule has 5 nitrogen and oxygen atoms in total. The van der Waals surface area contributed by atoms with E-state index in [0.717, 1.165) is 34.0 Å². The van der Waals surface area contributed by atoms with Gasteiger partial charge in [-0.05, 0) is 19.1 Å². The zero-order valence-corrected chi connectivity index (χ0v) is 14.6. The Morgan fingerprint density at radius 2 is 2.13 bits per heavy atom. The van der Waals surface area contributed by atoms with Crippen LogP contribution >= 0.6 is 23.5 Å². The van der Waals surface area contributed by atoms with E-state index in [1.165, 1.54) is 16.3 Å². The number of aromatic nitrogens is 2. The largest absolute Gasteiger partial charge is 0.325 e. The Labute approximate surface area is 142 Å². The van der Waals surface area contributed by atoms with Crippen molar-refractivity contribution in [3.8, 4) is 0 Å². The molecule has 0 aliphatic carbocycles. The third-order valence-corrected chi connectivity index (χ3v) is 5.67. The highest BCUT2D eigenvalue weighted by atomic mass is 32.2. The summed E-state index contributed by atoms with van der Waals surface area (Å²) in [4.78, 5) is 29.6. The molecule has 1 aromatic heterocycles. The second-order valence-electron chi connectivity index (χ2n) is 5.34. The topological polar surface area (TPSA) is 64.0 Å². The van der Waals surface area contributed by atoms with Gasteiger partial charge in [0, 0.05) is 24.9 Å². The van der Waals surface area contributed by atoms with Gasteiger partial charge in [0.1, 0.15) is 0 Å². The Bertz CT molecular complexity index is 800. The summed E-state index contributed by atoms with van der Waals surface area (Å²) in [6.45, 7) is 2.00. The van der Waals surface area contributed by atoms with Crippen LogP contribution < -0.4 is 10.9 Å². The minimum Gasteiger partial charge on any atom is -0.325 e. The van der Waals surface area contributed by atoms with Gasteiger partial charge in [-0.15, -0.1) is 11.8 Å². The first kappa shape index (κ1) is 16.1. The van der Waals surface area contributed by atoms with Crippen LogP contribution in [0.1, 0.15) is 11.3 Å². The number of carbonyl (C=O) groups is 1. The fourth-order valence-corrected chi connectivity index (χ4v) is 4.12. The first-order chi connectivity index (χ1) is 11.0. The lowest BCUT2D eigenvalue weighted by Gasteiger charge is -2.09. The summed E-state index contributed by atoms with van der Waals surface area (Å²) in [6, 6.07) is 7.65. The molecule has 0 saturated heterocycles. The van der Waals surface area contributed by atoms with Gasteiger partial charge in [-0.3, -0.25) is 14.2 Å². The summed E-state index contributed by atoms with van der Waals surface area (Å²) >= 11 is 2.85. The van der Waals surface area contributed by atoms with Gasteiger partial charge in [-0.2, -0.15) is 0 Å². The van der Waals surface area contributed by atoms with E-state index in [4.69, 9.17) is 0 Å². The van der Waals surface area contributed by atoms with E-state index in [2.05, 4.69) is 10.3 Å². The lowest BCUT2D eigenvalue weighted by molar-refractivity contribution is -0.113. The van der Waals surface area contributed by atoms with Crippen molar-refractivity contribution in [2.24, 2.45) is 7.05 Å². The van der Waals surface area contributed by atoms with Crippen molar-refractivity contribution in [2.75, 3.05) is 16.8 Å². The highest BCUT2D eigenvalue weighted by Gasteiger charge is 2.20. The number of anilines is 1. The number of aryl methyl sites for hydroxylation is 2. The molecule has 0 radical (unpaired) electrons. The zero-order chi connectivity index (χ0) is 16.4. The average Bonchev–Trinajstić information content (AvgIpc) is 3.00. The second-order valence-corrected chi connectivity index (χ2v) is 7.38. The first-order valence-electron chi connectivity index (χ1n) is 7.26. The molecule has 0 fully saturated rings. The summed E-state index contributed by atoms with van der Waals surface area (Å²) in [7, 11) is 1.70. The van der Waals surface area contributed by atoms with Gasteiger partial charge in [0.05, 0.1) is 16.3 Å². The number of hydrogen-bond donors (Lipinski definition) is 1. The van der Waals surface area contributed by atoms with E-state index in [0.29, 0.717) is 5.16 Å². The summed E-state index contributed by atoms with van der Waals surface area (Å²) < 4.78 is 1.53. The highest BCUT2D eigenvalue weighted by Crippen LogP contribution is 2.28. The van der Waals surface area contributed by atoms with E-state index in [1.54, 1.807) is 18.8 Å². The van der Waals surface area contributed by atoms with Crippen molar-refractivity contribution >= 4 is 35.1 Å². The van der Waals surface area contributed by atoms with Crippen molar-refractivity contribution in [3.63, 3.8) is 0 Å². The minimum absolute atomic E-state index is 0.0149. The quantitative estimate of drug-likeness (QED) is 0.680. The maximum Gasteiger partial charge on any atom is 0.267 e. The molecule has 0 saturated carbocycles. The minimum atomic E-state index is -0.108. The predicted molar refractivity (Wildman–Crippen MR) is 94.4 cm³/mol. The van der Waals surface area contributed by atoms with Crippen LogP contribution in [0.3, 0.4) is 0 Å². The standard InChI is InChI=1S/C16H17N3O2S2/c1-10-3-5-11(6-4-10)17-13(20)9-23-16-18-12-7-8-22-14(12)15(21)19(16)2/h3-6H,7-9H2,1-2H3,(H,17,20). The van der Waals surface area contributed by atoms with Crippen LogP contribution in [-0.2, 0) is 18.3 Å². The Morgan fingerprint density at radius 3 is 2.87 bits per heavy atom. The number of nitrogens with zero attached hydrogens (tertiary/aromatic N) is 2. The third-order valence-electron chi connectivity index (χ3n) is 3.53. The molecule has 0 unspecified atom stereocenters. The molecule has 1 aliphatic heterocycles. The van der Waals surface area contributed by atoms with E-state index in [1.807, 2.05) is 31.2 Å². The molecule has 7 heteroatoms. The molecule has 2 aromatic rings. The molecule has 1 N–H and O–H groups in total. The smallest absolute Gasteiger partial charge is 0.267 e. The maximum absolute atomic E-state index is 12.2. The van der Waals surface area contributed by atoms with Crippen LogP contribution in [0.2, 0.25) is 0 Å². The van der Waals surface area contributed by atoms with Crippen LogP contribution in [0.25, 0.3) is 0 Å². The number of carbonyl (C=O) groups excluding carboxylic acids is 1. The van der Waals surface area contributed by atoms with Gasteiger partial charge < -0.3 is 5.32 Å². The van der Waals surface area contributed by atoms with Crippen LogP contribution in [0.4, 0.5) is 5.69 Å². The third kappa shape index (κ3) is 3.61. The first-order valence-corrected chi connectivity index (χ1v) is 9.24. The van der Waals surface area contributed by atoms with Crippen molar-refractivity contribution < 1.29 is 4.79 Å². The molecule has 3 rings (SSSR count). The SMILES string of the molecule is Cc1ccc(NC(=O)CSc2nc3c(c(=O)n2C)SCC3)cc1. The number of benzene rings is 1. The number of fused-ring (bicyclic) bond motifs is 1. The van der Waals surface area contributed by atoms with Crippen molar-refractivity contribution in [2.45, 2.75) is 23.4 Å². The Morgan fingerprint density at radius 1 is 1.39 bits per heavy atom. The Kier molecular flexibility index (Phi) is 4.77. The van der Waals surface area contributed by atoms with Crippen LogP contribution in [0.15, 0.2) is 39.1 Å². The summed E-state index contributed by atoms with van der Waals surface area (Å²) in [5.74, 6) is 1.02. The molecular weight excluding hydrogens is 330 g/mol.